The number of amides is 1. The molecule has 1 rings (SSSR count). The van der Waals surface area contributed by atoms with E-state index in [1.807, 2.05) is 11.8 Å². The molecule has 2 N–H and O–H groups in total. The average Bonchev–Trinajstić information content (AvgIpc) is 2.65. The predicted octanol–water partition coefficient (Wildman–Crippen LogP) is -0.406. The zero-order valence-corrected chi connectivity index (χ0v) is 10.1. The topological polar surface area (TPSA) is 61.8 Å². The number of hydrogen-bond acceptors (Lipinski definition) is 4. The molecule has 1 fully saturated rings. The highest BCUT2D eigenvalue weighted by Gasteiger charge is 2.25. The first-order valence-electron chi connectivity index (χ1n) is 5.80. The molecule has 0 unspecified atom stereocenters. The molecule has 1 amide bonds. The van der Waals surface area contributed by atoms with E-state index in [1.54, 1.807) is 7.11 Å². The molecule has 1 saturated heterocycles. The molecule has 0 spiro atoms. The third-order valence-corrected chi connectivity index (χ3v) is 2.88. The molecule has 0 radical (unpaired) electrons. The predicted molar refractivity (Wildman–Crippen MR) is 61.2 cm³/mol. The molecule has 0 aliphatic carbocycles. The van der Waals surface area contributed by atoms with Crippen LogP contribution in [0.4, 0.5) is 0 Å². The number of nitrogens with one attached hydrogen (secondary N) is 1. The second-order valence-corrected chi connectivity index (χ2v) is 4.37. The van der Waals surface area contributed by atoms with Gasteiger partial charge in [0.05, 0.1) is 19.8 Å². The largest absolute Gasteiger partial charge is 0.395 e. The third kappa shape index (κ3) is 4.08. The van der Waals surface area contributed by atoms with E-state index >= 15 is 0 Å². The normalized spacial score (nSPS) is 23.3. The van der Waals surface area contributed by atoms with E-state index in [2.05, 4.69) is 5.32 Å². The van der Waals surface area contributed by atoms with Crippen molar-refractivity contribution in [1.29, 1.82) is 0 Å². The van der Waals surface area contributed by atoms with Crippen molar-refractivity contribution in [3.05, 3.63) is 0 Å². The van der Waals surface area contributed by atoms with Crippen molar-refractivity contribution in [3.63, 3.8) is 0 Å². The van der Waals surface area contributed by atoms with Crippen molar-refractivity contribution < 1.29 is 14.6 Å². The lowest BCUT2D eigenvalue weighted by Gasteiger charge is -2.23. The summed E-state index contributed by atoms with van der Waals surface area (Å²) < 4.78 is 4.95. The Hall–Kier alpha value is -0.650. The Balaban J connectivity index is 2.28. The minimum absolute atomic E-state index is 0.00454. The zero-order valence-electron chi connectivity index (χ0n) is 10.1. The number of nitrogens with zero attached hydrogens (tertiary/aromatic N) is 1. The molecule has 5 nitrogen and oxygen atoms in total. The van der Waals surface area contributed by atoms with Crippen LogP contribution in [0.5, 0.6) is 0 Å². The van der Waals surface area contributed by atoms with Gasteiger partial charge in [0.1, 0.15) is 0 Å². The summed E-state index contributed by atoms with van der Waals surface area (Å²) in [6, 6.07) is 0.191. The number of rotatable bonds is 6. The minimum atomic E-state index is 0.00454. The lowest BCUT2D eigenvalue weighted by Crippen LogP contribution is -2.44. The van der Waals surface area contributed by atoms with E-state index in [0.717, 1.165) is 19.4 Å². The van der Waals surface area contributed by atoms with Crippen molar-refractivity contribution in [1.82, 2.24) is 10.2 Å². The van der Waals surface area contributed by atoms with Crippen molar-refractivity contribution >= 4 is 5.91 Å². The van der Waals surface area contributed by atoms with Crippen LogP contribution in [-0.4, -0.2) is 61.4 Å². The van der Waals surface area contributed by atoms with Crippen molar-refractivity contribution in [2.24, 2.45) is 0 Å². The highest BCUT2D eigenvalue weighted by atomic mass is 16.5. The van der Waals surface area contributed by atoms with E-state index < -0.39 is 0 Å². The Kier molecular flexibility index (Phi) is 5.73. The summed E-state index contributed by atoms with van der Waals surface area (Å²) in [6.07, 6.45) is 2.05. The van der Waals surface area contributed by atoms with Crippen molar-refractivity contribution in [3.8, 4) is 0 Å². The lowest BCUT2D eigenvalue weighted by molar-refractivity contribution is -0.123. The molecule has 0 saturated carbocycles. The smallest absolute Gasteiger partial charge is 0.234 e. The maximum Gasteiger partial charge on any atom is 0.234 e. The molecule has 1 aliphatic rings. The fourth-order valence-electron chi connectivity index (χ4n) is 2.11. The first-order valence-corrected chi connectivity index (χ1v) is 5.80. The molecule has 0 aromatic heterocycles. The van der Waals surface area contributed by atoms with Gasteiger partial charge in [-0.05, 0) is 26.3 Å². The van der Waals surface area contributed by atoms with E-state index in [9.17, 15) is 4.79 Å². The number of carbonyl (C=O) groups is 1. The number of carbonyl (C=O) groups excluding carboxylic acids is 1. The monoisotopic (exact) mass is 230 g/mol. The summed E-state index contributed by atoms with van der Waals surface area (Å²) in [7, 11) is 1.62. The average molecular weight is 230 g/mol. The molecular formula is C11H22N2O3. The van der Waals surface area contributed by atoms with Crippen LogP contribution in [0.3, 0.4) is 0 Å². The van der Waals surface area contributed by atoms with E-state index in [0.29, 0.717) is 13.2 Å². The second kappa shape index (κ2) is 6.83. The van der Waals surface area contributed by atoms with Gasteiger partial charge in [0, 0.05) is 19.2 Å². The Morgan fingerprint density at radius 3 is 3.06 bits per heavy atom. The SMILES string of the molecule is COC[C@H](C)NC(=O)CN1CCC[C@@H]1CO. The van der Waals surface area contributed by atoms with Crippen LogP contribution in [0, 0.1) is 0 Å². The number of likely N-dealkylation sites (tertiary alicyclic amines) is 1. The maximum absolute atomic E-state index is 11.7. The van der Waals surface area contributed by atoms with Crippen LogP contribution in [-0.2, 0) is 9.53 Å². The fraction of sp³-hybridized carbons (Fsp3) is 0.909. The van der Waals surface area contributed by atoms with Crippen LogP contribution in [0.2, 0.25) is 0 Å². The van der Waals surface area contributed by atoms with E-state index in [4.69, 9.17) is 9.84 Å². The van der Waals surface area contributed by atoms with Crippen LogP contribution >= 0.6 is 0 Å². The number of ether oxygens (including phenoxy) is 1. The molecular weight excluding hydrogens is 208 g/mol. The standard InChI is InChI=1S/C11H22N2O3/c1-9(8-16-2)12-11(15)6-13-5-3-4-10(13)7-14/h9-10,14H,3-8H2,1-2H3,(H,12,15)/t9-,10+/m0/s1. The van der Waals surface area contributed by atoms with Crippen LogP contribution in [0.15, 0.2) is 0 Å². The third-order valence-electron chi connectivity index (χ3n) is 2.88. The Morgan fingerprint density at radius 2 is 2.44 bits per heavy atom. The van der Waals surface area contributed by atoms with Crippen LogP contribution in [0.1, 0.15) is 19.8 Å². The first kappa shape index (κ1) is 13.4. The summed E-state index contributed by atoms with van der Waals surface area (Å²) in [4.78, 5) is 13.7. The van der Waals surface area contributed by atoms with Gasteiger partial charge in [0.15, 0.2) is 0 Å². The molecule has 1 heterocycles. The molecule has 0 aromatic carbocycles. The molecule has 0 bridgehead atoms. The van der Waals surface area contributed by atoms with Crippen molar-refractivity contribution in [2.45, 2.75) is 31.8 Å². The molecule has 94 valence electrons. The molecule has 0 aromatic rings. The van der Waals surface area contributed by atoms with Gasteiger partial charge in [-0.3, -0.25) is 9.69 Å². The van der Waals surface area contributed by atoms with Gasteiger partial charge in [-0.2, -0.15) is 0 Å². The van der Waals surface area contributed by atoms with Crippen LogP contribution in [0.25, 0.3) is 0 Å². The Morgan fingerprint density at radius 1 is 1.69 bits per heavy atom. The summed E-state index contributed by atoms with van der Waals surface area (Å²) in [5.41, 5.74) is 0. The quantitative estimate of drug-likeness (QED) is 0.651. The van der Waals surface area contributed by atoms with Gasteiger partial charge < -0.3 is 15.2 Å². The van der Waals surface area contributed by atoms with E-state index in [1.165, 1.54) is 0 Å². The molecule has 1 aliphatic heterocycles. The minimum Gasteiger partial charge on any atom is -0.395 e. The van der Waals surface area contributed by atoms with Gasteiger partial charge in [-0.25, -0.2) is 0 Å². The number of methoxy groups -OCH3 is 1. The lowest BCUT2D eigenvalue weighted by atomic mass is 10.2. The summed E-state index contributed by atoms with van der Waals surface area (Å²) >= 11 is 0. The van der Waals surface area contributed by atoms with E-state index in [-0.39, 0.29) is 24.6 Å². The van der Waals surface area contributed by atoms with Crippen LogP contribution < -0.4 is 5.32 Å². The number of aliphatic hydroxyl groups is 1. The van der Waals surface area contributed by atoms with Gasteiger partial charge in [-0.1, -0.05) is 0 Å². The summed E-state index contributed by atoms with van der Waals surface area (Å²) in [6.45, 7) is 3.85. The maximum atomic E-state index is 11.7. The molecule has 2 atom stereocenters. The highest BCUT2D eigenvalue weighted by Crippen LogP contribution is 2.15. The number of aliphatic hydroxyl groups excluding tert-OH is 1. The van der Waals surface area contributed by atoms with Gasteiger partial charge in [0.2, 0.25) is 5.91 Å². The highest BCUT2D eigenvalue weighted by molar-refractivity contribution is 5.78. The van der Waals surface area contributed by atoms with Crippen molar-refractivity contribution in [2.75, 3.05) is 33.4 Å². The molecule has 16 heavy (non-hydrogen) atoms. The van der Waals surface area contributed by atoms with Gasteiger partial charge in [-0.15, -0.1) is 0 Å². The fourth-order valence-corrected chi connectivity index (χ4v) is 2.11. The zero-order chi connectivity index (χ0) is 12.0. The molecule has 5 heteroatoms. The summed E-state index contributed by atoms with van der Waals surface area (Å²) in [5, 5.41) is 12.0. The number of hydrogen-bond donors (Lipinski definition) is 2. The second-order valence-electron chi connectivity index (χ2n) is 4.37. The van der Waals surface area contributed by atoms with Gasteiger partial charge in [0.25, 0.3) is 0 Å². The first-order chi connectivity index (χ1) is 7.67. The van der Waals surface area contributed by atoms with Gasteiger partial charge >= 0.3 is 0 Å². The Labute approximate surface area is 96.8 Å². The summed E-state index contributed by atoms with van der Waals surface area (Å²) in [5.74, 6) is 0.00454. The Bertz CT molecular complexity index is 223.